The van der Waals surface area contributed by atoms with E-state index in [9.17, 15) is 5.11 Å². The summed E-state index contributed by atoms with van der Waals surface area (Å²) >= 11 is 0. The van der Waals surface area contributed by atoms with Crippen LogP contribution in [0.5, 0.6) is 0 Å². The third kappa shape index (κ3) is 4.04. The maximum Gasteiger partial charge on any atom is 0.0587 e. The van der Waals surface area contributed by atoms with Gasteiger partial charge in [0.25, 0.3) is 0 Å². The summed E-state index contributed by atoms with van der Waals surface area (Å²) in [6, 6.07) is 0.928. The molecule has 0 aliphatic carbocycles. The Balaban J connectivity index is 2.24. The third-order valence-electron chi connectivity index (χ3n) is 3.72. The van der Waals surface area contributed by atoms with Crippen LogP contribution in [-0.2, 0) is 0 Å². The van der Waals surface area contributed by atoms with E-state index in [0.29, 0.717) is 12.0 Å². The number of likely N-dealkylation sites (tertiary alicyclic amines) is 1. The second-order valence-corrected chi connectivity index (χ2v) is 5.68. The van der Waals surface area contributed by atoms with Gasteiger partial charge in [-0.15, -0.1) is 0 Å². The number of hydrogen-bond donors (Lipinski definition) is 2. The lowest BCUT2D eigenvalue weighted by molar-refractivity contribution is 0.203. The average Bonchev–Trinajstić information content (AvgIpc) is 2.67. The first-order valence-electron chi connectivity index (χ1n) is 6.62. The molecule has 1 saturated heterocycles. The Morgan fingerprint density at radius 2 is 2.00 bits per heavy atom. The van der Waals surface area contributed by atoms with Crippen molar-refractivity contribution >= 4 is 0 Å². The van der Waals surface area contributed by atoms with Crippen LogP contribution in [0.15, 0.2) is 0 Å². The van der Waals surface area contributed by atoms with Crippen molar-refractivity contribution < 1.29 is 5.11 Å². The van der Waals surface area contributed by atoms with Gasteiger partial charge in [0, 0.05) is 18.6 Å². The van der Waals surface area contributed by atoms with Crippen LogP contribution in [-0.4, -0.2) is 48.3 Å². The molecule has 1 aliphatic rings. The van der Waals surface area contributed by atoms with Crippen LogP contribution in [0.2, 0.25) is 0 Å². The molecule has 16 heavy (non-hydrogen) atoms. The Kier molecular flexibility index (Phi) is 5.73. The molecule has 1 fully saturated rings. The fraction of sp³-hybridized carbons (Fsp3) is 1.00. The summed E-state index contributed by atoms with van der Waals surface area (Å²) in [5.74, 6) is 1.27. The maximum absolute atomic E-state index is 9.24. The number of rotatable bonds is 6. The summed E-state index contributed by atoms with van der Waals surface area (Å²) in [6.07, 6.45) is 1.29. The lowest BCUT2D eigenvalue weighted by Gasteiger charge is -2.23. The normalized spacial score (nSPS) is 24.6. The van der Waals surface area contributed by atoms with Gasteiger partial charge in [0.15, 0.2) is 0 Å². The topological polar surface area (TPSA) is 35.5 Å². The first-order valence-corrected chi connectivity index (χ1v) is 6.62. The molecule has 1 aliphatic heterocycles. The fourth-order valence-electron chi connectivity index (χ4n) is 2.33. The van der Waals surface area contributed by atoms with E-state index in [4.69, 9.17) is 0 Å². The van der Waals surface area contributed by atoms with Crippen molar-refractivity contribution in [1.29, 1.82) is 0 Å². The smallest absolute Gasteiger partial charge is 0.0587 e. The molecule has 3 heteroatoms. The Labute approximate surface area is 100 Å². The molecular formula is C13H28N2O. The number of aliphatic hydroxyl groups is 1. The molecule has 0 aromatic carbocycles. The van der Waals surface area contributed by atoms with E-state index in [1.807, 2.05) is 0 Å². The standard InChI is InChI=1S/C13H28N2O/c1-10(2)13(9-16)14-7-12-5-6-15(8-12)11(3)4/h10-14,16H,5-9H2,1-4H3. The molecule has 96 valence electrons. The van der Waals surface area contributed by atoms with Crippen LogP contribution >= 0.6 is 0 Å². The number of nitrogens with one attached hydrogen (secondary N) is 1. The van der Waals surface area contributed by atoms with Gasteiger partial charge < -0.3 is 15.3 Å². The highest BCUT2D eigenvalue weighted by atomic mass is 16.3. The minimum Gasteiger partial charge on any atom is -0.395 e. The van der Waals surface area contributed by atoms with Crippen molar-refractivity contribution in [2.75, 3.05) is 26.2 Å². The minimum absolute atomic E-state index is 0.248. The highest BCUT2D eigenvalue weighted by Crippen LogP contribution is 2.18. The second-order valence-electron chi connectivity index (χ2n) is 5.68. The van der Waals surface area contributed by atoms with Gasteiger partial charge in [-0.25, -0.2) is 0 Å². The largest absolute Gasteiger partial charge is 0.395 e. The van der Waals surface area contributed by atoms with E-state index < -0.39 is 0 Å². The molecule has 0 bridgehead atoms. The summed E-state index contributed by atoms with van der Waals surface area (Å²) in [6.45, 7) is 12.6. The average molecular weight is 228 g/mol. The first-order chi connectivity index (χ1) is 7.54. The van der Waals surface area contributed by atoms with Crippen molar-refractivity contribution in [3.05, 3.63) is 0 Å². The summed E-state index contributed by atoms with van der Waals surface area (Å²) in [7, 11) is 0. The highest BCUT2D eigenvalue weighted by Gasteiger charge is 2.24. The highest BCUT2D eigenvalue weighted by molar-refractivity contribution is 4.81. The molecule has 3 nitrogen and oxygen atoms in total. The zero-order chi connectivity index (χ0) is 12.1. The molecule has 2 unspecified atom stereocenters. The third-order valence-corrected chi connectivity index (χ3v) is 3.72. The quantitative estimate of drug-likeness (QED) is 0.720. The maximum atomic E-state index is 9.24. The van der Waals surface area contributed by atoms with Crippen molar-refractivity contribution in [3.8, 4) is 0 Å². The number of nitrogens with zero attached hydrogens (tertiary/aromatic N) is 1. The summed E-state index contributed by atoms with van der Waals surface area (Å²) in [5, 5.41) is 12.7. The summed E-state index contributed by atoms with van der Waals surface area (Å²) in [4.78, 5) is 2.54. The number of aliphatic hydroxyl groups excluding tert-OH is 1. The van der Waals surface area contributed by atoms with Crippen LogP contribution in [0.1, 0.15) is 34.1 Å². The fourth-order valence-corrected chi connectivity index (χ4v) is 2.33. The van der Waals surface area contributed by atoms with Crippen LogP contribution in [0.3, 0.4) is 0 Å². The van der Waals surface area contributed by atoms with Gasteiger partial charge in [0.1, 0.15) is 0 Å². The summed E-state index contributed by atoms with van der Waals surface area (Å²) < 4.78 is 0. The SMILES string of the molecule is CC(C)C(CO)NCC1CCN(C(C)C)C1. The molecule has 0 radical (unpaired) electrons. The Morgan fingerprint density at radius 3 is 2.44 bits per heavy atom. The molecule has 0 saturated carbocycles. The molecule has 0 aromatic rings. The molecule has 1 heterocycles. The Morgan fingerprint density at radius 1 is 1.31 bits per heavy atom. The van der Waals surface area contributed by atoms with Crippen molar-refractivity contribution in [2.45, 2.75) is 46.2 Å². The Hall–Kier alpha value is -0.120. The minimum atomic E-state index is 0.248. The van der Waals surface area contributed by atoms with Gasteiger partial charge in [-0.05, 0) is 45.2 Å². The monoisotopic (exact) mass is 228 g/mol. The van der Waals surface area contributed by atoms with Crippen LogP contribution in [0.4, 0.5) is 0 Å². The number of hydrogen-bond acceptors (Lipinski definition) is 3. The van der Waals surface area contributed by atoms with E-state index in [1.54, 1.807) is 0 Å². The molecule has 0 aromatic heterocycles. The van der Waals surface area contributed by atoms with Crippen molar-refractivity contribution in [2.24, 2.45) is 11.8 Å². The van der Waals surface area contributed by atoms with E-state index in [2.05, 4.69) is 37.9 Å². The van der Waals surface area contributed by atoms with Crippen LogP contribution < -0.4 is 5.32 Å². The molecule has 2 atom stereocenters. The van der Waals surface area contributed by atoms with E-state index in [-0.39, 0.29) is 12.6 Å². The van der Waals surface area contributed by atoms with Crippen LogP contribution in [0, 0.1) is 11.8 Å². The molecule has 0 spiro atoms. The van der Waals surface area contributed by atoms with Gasteiger partial charge in [0.05, 0.1) is 6.61 Å². The molecule has 0 amide bonds. The lowest BCUT2D eigenvalue weighted by Crippen LogP contribution is -2.40. The van der Waals surface area contributed by atoms with Crippen molar-refractivity contribution in [3.63, 3.8) is 0 Å². The first kappa shape index (κ1) is 13.9. The predicted octanol–water partition coefficient (Wildman–Crippen LogP) is 1.32. The van der Waals surface area contributed by atoms with E-state index >= 15 is 0 Å². The van der Waals surface area contributed by atoms with Gasteiger partial charge in [0.2, 0.25) is 0 Å². The van der Waals surface area contributed by atoms with Gasteiger partial charge in [-0.2, -0.15) is 0 Å². The predicted molar refractivity (Wildman–Crippen MR) is 68.5 cm³/mol. The summed E-state index contributed by atoms with van der Waals surface area (Å²) in [5.41, 5.74) is 0. The molecule has 1 rings (SSSR count). The van der Waals surface area contributed by atoms with Crippen molar-refractivity contribution in [1.82, 2.24) is 10.2 Å². The van der Waals surface area contributed by atoms with Gasteiger partial charge in [-0.1, -0.05) is 13.8 Å². The van der Waals surface area contributed by atoms with E-state index in [1.165, 1.54) is 19.5 Å². The van der Waals surface area contributed by atoms with Gasteiger partial charge >= 0.3 is 0 Å². The van der Waals surface area contributed by atoms with Crippen LogP contribution in [0.25, 0.3) is 0 Å². The lowest BCUT2D eigenvalue weighted by atomic mass is 10.0. The van der Waals surface area contributed by atoms with Gasteiger partial charge in [-0.3, -0.25) is 0 Å². The second kappa shape index (κ2) is 6.58. The zero-order valence-electron chi connectivity index (χ0n) is 11.2. The molecular weight excluding hydrogens is 200 g/mol. The molecule has 2 N–H and O–H groups in total. The zero-order valence-corrected chi connectivity index (χ0v) is 11.2. The Bertz CT molecular complexity index is 194. The van der Waals surface area contributed by atoms with E-state index in [0.717, 1.165) is 12.5 Å².